The largest absolute Gasteiger partial charge is 0.373 e. The van der Waals surface area contributed by atoms with E-state index in [2.05, 4.69) is 63.5 Å². The second-order valence-corrected chi connectivity index (χ2v) is 8.47. The van der Waals surface area contributed by atoms with Crippen LogP contribution >= 0.6 is 0 Å². The quantitative estimate of drug-likeness (QED) is 0.543. The van der Waals surface area contributed by atoms with Gasteiger partial charge in [-0.3, -0.25) is 9.89 Å². The number of guanidine groups is 1. The standard InChI is InChI=1S/C23H39N5O/c1-19-16-28(17-20(2)29-19)18-22-10-6-5-9-21(22)15-26-23(24-3)25-11-14-27-12-7-4-8-13-27/h5-6,9-10,19-20H,4,7-8,11-18H2,1-3H3,(H2,24,25,26). The summed E-state index contributed by atoms with van der Waals surface area (Å²) in [6, 6.07) is 8.72. The zero-order valence-electron chi connectivity index (χ0n) is 18.5. The fourth-order valence-corrected chi connectivity index (χ4v) is 4.45. The highest BCUT2D eigenvalue weighted by Crippen LogP contribution is 2.17. The van der Waals surface area contributed by atoms with Crippen LogP contribution in [0.5, 0.6) is 0 Å². The van der Waals surface area contributed by atoms with E-state index in [0.717, 1.165) is 45.2 Å². The molecule has 1 aromatic rings. The van der Waals surface area contributed by atoms with Gasteiger partial charge < -0.3 is 20.3 Å². The summed E-state index contributed by atoms with van der Waals surface area (Å²) >= 11 is 0. The maximum atomic E-state index is 5.88. The molecule has 2 heterocycles. The van der Waals surface area contributed by atoms with Crippen molar-refractivity contribution in [3.63, 3.8) is 0 Å². The van der Waals surface area contributed by atoms with E-state index < -0.39 is 0 Å². The van der Waals surface area contributed by atoms with E-state index in [1.54, 1.807) is 0 Å². The number of hydrogen-bond acceptors (Lipinski definition) is 4. The lowest BCUT2D eigenvalue weighted by Crippen LogP contribution is -2.45. The minimum absolute atomic E-state index is 0.298. The summed E-state index contributed by atoms with van der Waals surface area (Å²) in [4.78, 5) is 9.45. The van der Waals surface area contributed by atoms with Crippen LogP contribution in [-0.2, 0) is 17.8 Å². The molecule has 2 N–H and O–H groups in total. The molecule has 29 heavy (non-hydrogen) atoms. The number of benzene rings is 1. The van der Waals surface area contributed by atoms with Gasteiger partial charge in [-0.25, -0.2) is 0 Å². The van der Waals surface area contributed by atoms with E-state index in [1.807, 2.05) is 7.05 Å². The Morgan fingerprint density at radius 1 is 1.00 bits per heavy atom. The third-order valence-corrected chi connectivity index (χ3v) is 5.85. The van der Waals surface area contributed by atoms with Gasteiger partial charge in [-0.2, -0.15) is 0 Å². The van der Waals surface area contributed by atoms with E-state index in [9.17, 15) is 0 Å². The van der Waals surface area contributed by atoms with Crippen LogP contribution in [0.1, 0.15) is 44.2 Å². The molecular weight excluding hydrogens is 362 g/mol. The monoisotopic (exact) mass is 401 g/mol. The first-order valence-corrected chi connectivity index (χ1v) is 11.3. The normalized spacial score (nSPS) is 24.4. The molecule has 1 aromatic carbocycles. The summed E-state index contributed by atoms with van der Waals surface area (Å²) in [7, 11) is 1.85. The summed E-state index contributed by atoms with van der Waals surface area (Å²) in [5.74, 6) is 0.880. The average Bonchev–Trinajstić information content (AvgIpc) is 2.71. The molecule has 0 saturated carbocycles. The first-order chi connectivity index (χ1) is 14.1. The molecule has 2 unspecified atom stereocenters. The van der Waals surface area contributed by atoms with Gasteiger partial charge in [-0.05, 0) is 50.9 Å². The number of morpholine rings is 1. The van der Waals surface area contributed by atoms with Gasteiger partial charge in [0.05, 0.1) is 12.2 Å². The highest BCUT2D eigenvalue weighted by molar-refractivity contribution is 5.79. The van der Waals surface area contributed by atoms with E-state index in [1.165, 1.54) is 43.5 Å². The van der Waals surface area contributed by atoms with E-state index >= 15 is 0 Å². The Hall–Kier alpha value is -1.63. The van der Waals surface area contributed by atoms with Crippen LogP contribution in [0.25, 0.3) is 0 Å². The number of hydrogen-bond donors (Lipinski definition) is 2. The second kappa shape index (κ2) is 11.5. The fourth-order valence-electron chi connectivity index (χ4n) is 4.45. The van der Waals surface area contributed by atoms with Crippen molar-refractivity contribution in [3.05, 3.63) is 35.4 Å². The van der Waals surface area contributed by atoms with Crippen molar-refractivity contribution in [3.8, 4) is 0 Å². The number of piperidine rings is 1. The molecule has 2 fully saturated rings. The van der Waals surface area contributed by atoms with E-state index in [-0.39, 0.29) is 0 Å². The molecule has 2 aliphatic heterocycles. The third kappa shape index (κ3) is 7.28. The average molecular weight is 402 g/mol. The van der Waals surface area contributed by atoms with Gasteiger partial charge in [-0.1, -0.05) is 30.7 Å². The lowest BCUT2D eigenvalue weighted by molar-refractivity contribution is -0.0705. The third-order valence-electron chi connectivity index (χ3n) is 5.85. The summed E-state index contributed by atoms with van der Waals surface area (Å²) < 4.78 is 5.88. The van der Waals surface area contributed by atoms with Crippen molar-refractivity contribution >= 4 is 5.96 Å². The van der Waals surface area contributed by atoms with Gasteiger partial charge in [0, 0.05) is 46.3 Å². The van der Waals surface area contributed by atoms with Gasteiger partial charge in [-0.15, -0.1) is 0 Å². The smallest absolute Gasteiger partial charge is 0.191 e. The SMILES string of the molecule is CN=C(NCCN1CCCCC1)NCc1ccccc1CN1CC(C)OC(C)C1. The molecule has 0 radical (unpaired) electrons. The number of rotatable bonds is 7. The minimum Gasteiger partial charge on any atom is -0.373 e. The lowest BCUT2D eigenvalue weighted by atomic mass is 10.1. The van der Waals surface area contributed by atoms with Crippen molar-refractivity contribution < 1.29 is 4.74 Å². The highest BCUT2D eigenvalue weighted by Gasteiger charge is 2.22. The molecule has 0 amide bonds. The minimum atomic E-state index is 0.298. The summed E-state index contributed by atoms with van der Waals surface area (Å²) in [5, 5.41) is 6.97. The second-order valence-electron chi connectivity index (χ2n) is 8.47. The number of nitrogens with zero attached hydrogens (tertiary/aromatic N) is 3. The molecule has 3 rings (SSSR count). The molecule has 0 aliphatic carbocycles. The summed E-state index contributed by atoms with van der Waals surface area (Å²) in [5.41, 5.74) is 2.71. The maximum absolute atomic E-state index is 5.88. The molecule has 0 aromatic heterocycles. The predicted molar refractivity (Wildman–Crippen MR) is 120 cm³/mol. The van der Waals surface area contributed by atoms with Gasteiger partial charge >= 0.3 is 0 Å². The summed E-state index contributed by atoms with van der Waals surface area (Å²) in [6.45, 7) is 12.6. The predicted octanol–water partition coefficient (Wildman–Crippen LogP) is 2.45. The van der Waals surface area contributed by atoms with Gasteiger partial charge in [0.2, 0.25) is 0 Å². The fraction of sp³-hybridized carbons (Fsp3) is 0.696. The Balaban J connectivity index is 1.47. The van der Waals surface area contributed by atoms with E-state index in [0.29, 0.717) is 12.2 Å². The van der Waals surface area contributed by atoms with Crippen LogP contribution in [0.2, 0.25) is 0 Å². The molecular formula is C23H39N5O. The molecule has 162 valence electrons. The summed E-state index contributed by atoms with van der Waals surface area (Å²) in [6.07, 6.45) is 4.66. The number of aliphatic imine (C=N–C) groups is 1. The topological polar surface area (TPSA) is 52.1 Å². The maximum Gasteiger partial charge on any atom is 0.191 e. The molecule has 0 spiro atoms. The Bertz CT molecular complexity index is 634. The van der Waals surface area contributed by atoms with E-state index in [4.69, 9.17) is 4.74 Å². The van der Waals surface area contributed by atoms with Crippen LogP contribution in [-0.4, -0.2) is 74.3 Å². The van der Waals surface area contributed by atoms with Gasteiger partial charge in [0.1, 0.15) is 0 Å². The van der Waals surface area contributed by atoms with Crippen molar-refractivity contribution in [1.29, 1.82) is 0 Å². The van der Waals surface area contributed by atoms with Crippen LogP contribution in [0.3, 0.4) is 0 Å². The first-order valence-electron chi connectivity index (χ1n) is 11.3. The molecule has 6 heteroatoms. The molecule has 0 bridgehead atoms. The van der Waals surface area contributed by atoms with Crippen LogP contribution in [0.15, 0.2) is 29.3 Å². The van der Waals surface area contributed by atoms with Crippen molar-refractivity contribution in [2.24, 2.45) is 4.99 Å². The van der Waals surface area contributed by atoms with Crippen LogP contribution < -0.4 is 10.6 Å². The Morgan fingerprint density at radius 3 is 2.38 bits per heavy atom. The van der Waals surface area contributed by atoms with Crippen molar-refractivity contribution in [2.45, 2.75) is 58.4 Å². The van der Waals surface area contributed by atoms with Gasteiger partial charge in [0.25, 0.3) is 0 Å². The van der Waals surface area contributed by atoms with Crippen molar-refractivity contribution in [2.75, 3.05) is 46.3 Å². The van der Waals surface area contributed by atoms with Crippen LogP contribution in [0.4, 0.5) is 0 Å². The number of nitrogens with one attached hydrogen (secondary N) is 2. The van der Waals surface area contributed by atoms with Gasteiger partial charge in [0.15, 0.2) is 5.96 Å². The highest BCUT2D eigenvalue weighted by atomic mass is 16.5. The van der Waals surface area contributed by atoms with Crippen LogP contribution in [0, 0.1) is 0 Å². The lowest BCUT2D eigenvalue weighted by Gasteiger charge is -2.35. The molecule has 2 aliphatic rings. The molecule has 6 nitrogen and oxygen atoms in total. The Kier molecular flexibility index (Phi) is 8.77. The zero-order chi connectivity index (χ0) is 20.5. The molecule has 2 saturated heterocycles. The van der Waals surface area contributed by atoms with Crippen molar-refractivity contribution in [1.82, 2.24) is 20.4 Å². The Morgan fingerprint density at radius 2 is 1.69 bits per heavy atom. The molecule has 2 atom stereocenters. The number of ether oxygens (including phenoxy) is 1. The Labute approximate surface area is 176 Å². The first kappa shape index (κ1) is 22.1. The number of likely N-dealkylation sites (tertiary alicyclic amines) is 1. The zero-order valence-corrected chi connectivity index (χ0v) is 18.5.